The summed E-state index contributed by atoms with van der Waals surface area (Å²) in [7, 11) is 3.87. The third kappa shape index (κ3) is 3.38. The number of hydrogen-bond donors (Lipinski definition) is 1. The van der Waals surface area contributed by atoms with E-state index >= 15 is 0 Å². The van der Waals surface area contributed by atoms with E-state index < -0.39 is 0 Å². The number of urea groups is 1. The summed E-state index contributed by atoms with van der Waals surface area (Å²) in [5.74, 6) is 0.121. The summed E-state index contributed by atoms with van der Waals surface area (Å²) in [6.45, 7) is 2.83. The summed E-state index contributed by atoms with van der Waals surface area (Å²) in [6, 6.07) is 9.74. The molecule has 24 heavy (non-hydrogen) atoms. The van der Waals surface area contributed by atoms with Gasteiger partial charge in [0.2, 0.25) is 5.91 Å². The highest BCUT2D eigenvalue weighted by Crippen LogP contribution is 2.24. The van der Waals surface area contributed by atoms with E-state index in [4.69, 9.17) is 0 Å². The van der Waals surface area contributed by atoms with Gasteiger partial charge in [-0.05, 0) is 32.5 Å². The molecule has 0 bridgehead atoms. The minimum atomic E-state index is -0.280. The van der Waals surface area contributed by atoms with Crippen molar-refractivity contribution in [2.24, 2.45) is 0 Å². The number of likely N-dealkylation sites (tertiary alicyclic amines) is 1. The Kier molecular flexibility index (Phi) is 5.04. The van der Waals surface area contributed by atoms with Crippen LogP contribution in [0.15, 0.2) is 30.3 Å². The third-order valence-electron chi connectivity index (χ3n) is 4.90. The van der Waals surface area contributed by atoms with Crippen LogP contribution in [-0.2, 0) is 4.79 Å². The van der Waals surface area contributed by atoms with Gasteiger partial charge in [0, 0.05) is 26.2 Å². The van der Waals surface area contributed by atoms with Crippen LogP contribution < -0.4 is 5.32 Å². The number of benzene rings is 1. The molecule has 0 unspecified atom stereocenters. The summed E-state index contributed by atoms with van der Waals surface area (Å²) in [4.78, 5) is 30.8. The van der Waals surface area contributed by atoms with Gasteiger partial charge in [-0.15, -0.1) is 0 Å². The molecule has 0 aromatic heterocycles. The van der Waals surface area contributed by atoms with Gasteiger partial charge in [-0.25, -0.2) is 4.79 Å². The fourth-order valence-corrected chi connectivity index (χ4v) is 3.71. The van der Waals surface area contributed by atoms with E-state index in [9.17, 15) is 9.59 Å². The van der Waals surface area contributed by atoms with Crippen LogP contribution in [0.1, 0.15) is 24.4 Å². The molecule has 3 rings (SSSR count). The summed E-state index contributed by atoms with van der Waals surface area (Å²) < 4.78 is 0. The first-order valence-corrected chi connectivity index (χ1v) is 8.62. The van der Waals surface area contributed by atoms with E-state index in [2.05, 4.69) is 5.32 Å². The maximum Gasteiger partial charge on any atom is 0.317 e. The first-order valence-electron chi connectivity index (χ1n) is 8.62. The highest BCUT2D eigenvalue weighted by atomic mass is 16.2. The van der Waals surface area contributed by atoms with E-state index in [1.54, 1.807) is 0 Å². The van der Waals surface area contributed by atoms with Crippen LogP contribution in [0.25, 0.3) is 0 Å². The van der Waals surface area contributed by atoms with Gasteiger partial charge < -0.3 is 15.1 Å². The van der Waals surface area contributed by atoms with Gasteiger partial charge in [0.25, 0.3) is 0 Å². The fraction of sp³-hybridized carbons (Fsp3) is 0.556. The Morgan fingerprint density at radius 2 is 2.00 bits per heavy atom. The predicted molar refractivity (Wildman–Crippen MR) is 92.6 cm³/mol. The van der Waals surface area contributed by atoms with Crippen LogP contribution in [0.4, 0.5) is 4.79 Å². The minimum Gasteiger partial charge on any atom is -0.339 e. The Labute approximate surface area is 143 Å². The number of piperidine rings is 1. The van der Waals surface area contributed by atoms with Crippen molar-refractivity contribution in [3.63, 3.8) is 0 Å². The molecule has 2 aliphatic heterocycles. The second-order valence-corrected chi connectivity index (χ2v) is 6.78. The maximum atomic E-state index is 13.1. The van der Waals surface area contributed by atoms with Gasteiger partial charge in [-0.2, -0.15) is 0 Å². The second-order valence-electron chi connectivity index (χ2n) is 6.78. The number of likely N-dealkylation sites (N-methyl/N-ethyl adjacent to an activating group) is 1. The molecule has 2 atom stereocenters. The Morgan fingerprint density at radius 3 is 2.62 bits per heavy atom. The van der Waals surface area contributed by atoms with Crippen LogP contribution in [-0.4, -0.2) is 73.0 Å². The highest BCUT2D eigenvalue weighted by Gasteiger charge is 2.35. The quantitative estimate of drug-likeness (QED) is 0.905. The summed E-state index contributed by atoms with van der Waals surface area (Å²) in [5, 5.41) is 2.85. The lowest BCUT2D eigenvalue weighted by Crippen LogP contribution is -2.52. The number of nitrogens with zero attached hydrogens (tertiary/aromatic N) is 3. The standard InChI is InChI=1S/C18H26N4O2/c1-20(2)16(14-7-4-3-5-8-14)17(23)21-11-6-9-15(13-21)22-12-10-19-18(22)24/h3-5,7-8,15-16H,6,9-13H2,1-2H3,(H,19,24)/t15-,16+/m1/s1. The topological polar surface area (TPSA) is 55.9 Å². The zero-order valence-corrected chi connectivity index (χ0v) is 14.4. The smallest absolute Gasteiger partial charge is 0.317 e. The van der Waals surface area contributed by atoms with Crippen LogP contribution in [0, 0.1) is 0 Å². The zero-order chi connectivity index (χ0) is 17.1. The van der Waals surface area contributed by atoms with Crippen LogP contribution in [0.2, 0.25) is 0 Å². The van der Waals surface area contributed by atoms with Crippen molar-refractivity contribution in [3.05, 3.63) is 35.9 Å². The molecular weight excluding hydrogens is 304 g/mol. The lowest BCUT2D eigenvalue weighted by atomic mass is 10.00. The monoisotopic (exact) mass is 330 g/mol. The molecule has 130 valence electrons. The van der Waals surface area contributed by atoms with E-state index in [0.29, 0.717) is 13.1 Å². The van der Waals surface area contributed by atoms with Gasteiger partial charge >= 0.3 is 6.03 Å². The number of nitrogens with one attached hydrogen (secondary N) is 1. The van der Waals surface area contributed by atoms with Crippen molar-refractivity contribution >= 4 is 11.9 Å². The molecule has 0 aliphatic carbocycles. The molecule has 6 heteroatoms. The normalized spacial score (nSPS) is 22.6. The number of hydrogen-bond acceptors (Lipinski definition) is 3. The average Bonchev–Trinajstić information content (AvgIpc) is 3.02. The lowest BCUT2D eigenvalue weighted by molar-refractivity contribution is -0.138. The van der Waals surface area contributed by atoms with Gasteiger partial charge in [-0.1, -0.05) is 30.3 Å². The Morgan fingerprint density at radius 1 is 1.25 bits per heavy atom. The average molecular weight is 330 g/mol. The van der Waals surface area contributed by atoms with Crippen LogP contribution in [0.3, 0.4) is 0 Å². The zero-order valence-electron chi connectivity index (χ0n) is 14.4. The van der Waals surface area contributed by atoms with Crippen LogP contribution >= 0.6 is 0 Å². The number of carbonyl (C=O) groups excluding carboxylic acids is 2. The third-order valence-corrected chi connectivity index (χ3v) is 4.90. The molecule has 1 aromatic carbocycles. The Bertz CT molecular complexity index is 590. The summed E-state index contributed by atoms with van der Waals surface area (Å²) >= 11 is 0. The van der Waals surface area contributed by atoms with Crippen molar-refractivity contribution in [2.75, 3.05) is 40.3 Å². The van der Waals surface area contributed by atoms with Gasteiger partial charge in [0.15, 0.2) is 0 Å². The molecular formula is C18H26N4O2. The maximum absolute atomic E-state index is 13.1. The Balaban J connectivity index is 1.74. The lowest BCUT2D eigenvalue weighted by Gasteiger charge is -2.39. The van der Waals surface area contributed by atoms with E-state index in [1.165, 1.54) is 0 Å². The van der Waals surface area contributed by atoms with Crippen molar-refractivity contribution in [3.8, 4) is 0 Å². The number of carbonyl (C=O) groups is 2. The Hall–Kier alpha value is -2.08. The molecule has 2 heterocycles. The molecule has 0 radical (unpaired) electrons. The molecule has 1 N–H and O–H groups in total. The predicted octanol–water partition coefficient (Wildman–Crippen LogP) is 1.31. The van der Waals surface area contributed by atoms with Crippen molar-refractivity contribution in [1.29, 1.82) is 0 Å². The molecule has 0 saturated carbocycles. The van der Waals surface area contributed by atoms with E-state index in [-0.39, 0.29) is 24.0 Å². The van der Waals surface area contributed by atoms with Crippen molar-refractivity contribution < 1.29 is 9.59 Å². The first kappa shape index (κ1) is 16.8. The summed E-state index contributed by atoms with van der Waals surface area (Å²) in [6.07, 6.45) is 1.91. The molecule has 3 amide bonds. The molecule has 1 aromatic rings. The summed E-state index contributed by atoms with van der Waals surface area (Å²) in [5.41, 5.74) is 1.01. The number of rotatable bonds is 4. The highest BCUT2D eigenvalue weighted by molar-refractivity contribution is 5.83. The number of amides is 3. The van der Waals surface area contributed by atoms with E-state index in [0.717, 1.165) is 31.5 Å². The fourth-order valence-electron chi connectivity index (χ4n) is 3.71. The molecule has 2 fully saturated rings. The SMILES string of the molecule is CN(C)[C@H](C(=O)N1CCC[C@@H](N2CCNC2=O)C1)c1ccccc1. The van der Waals surface area contributed by atoms with Crippen LogP contribution in [0.5, 0.6) is 0 Å². The van der Waals surface area contributed by atoms with Crippen molar-refractivity contribution in [2.45, 2.75) is 24.9 Å². The molecule has 0 spiro atoms. The second kappa shape index (κ2) is 7.21. The molecule has 2 saturated heterocycles. The molecule has 6 nitrogen and oxygen atoms in total. The van der Waals surface area contributed by atoms with Gasteiger partial charge in [-0.3, -0.25) is 9.69 Å². The minimum absolute atomic E-state index is 0.00141. The van der Waals surface area contributed by atoms with Gasteiger partial charge in [0.1, 0.15) is 6.04 Å². The van der Waals surface area contributed by atoms with E-state index in [1.807, 2.05) is 59.1 Å². The largest absolute Gasteiger partial charge is 0.339 e. The first-order chi connectivity index (χ1) is 11.6. The molecule has 2 aliphatic rings. The van der Waals surface area contributed by atoms with Crippen molar-refractivity contribution in [1.82, 2.24) is 20.0 Å². The van der Waals surface area contributed by atoms with Gasteiger partial charge in [0.05, 0.1) is 6.04 Å².